The van der Waals surface area contributed by atoms with Gasteiger partial charge in [0.2, 0.25) is 6.79 Å². The molecule has 9 heteroatoms. The van der Waals surface area contributed by atoms with Crippen molar-refractivity contribution in [2.24, 2.45) is 5.92 Å². The third-order valence-electron chi connectivity index (χ3n) is 6.89. The lowest BCUT2D eigenvalue weighted by Gasteiger charge is -2.37. The summed E-state index contributed by atoms with van der Waals surface area (Å²) >= 11 is 0. The van der Waals surface area contributed by atoms with Gasteiger partial charge in [-0.3, -0.25) is 9.69 Å². The first-order chi connectivity index (χ1) is 15.4. The lowest BCUT2D eigenvalue weighted by atomic mass is 9.94. The highest BCUT2D eigenvalue weighted by Crippen LogP contribution is 2.37. The number of likely N-dealkylation sites (tertiary alicyclic amines) is 1. The molecule has 1 saturated heterocycles. The summed E-state index contributed by atoms with van der Waals surface area (Å²) in [5, 5.41) is 13.7. The summed E-state index contributed by atoms with van der Waals surface area (Å²) in [6, 6.07) is 5.37. The molecule has 0 saturated carbocycles. The maximum absolute atomic E-state index is 13.4. The molecule has 170 valence electrons. The average Bonchev–Trinajstić information content (AvgIpc) is 3.43. The molecule has 9 nitrogen and oxygen atoms in total. The Morgan fingerprint density at radius 1 is 1.25 bits per heavy atom. The van der Waals surface area contributed by atoms with Crippen LogP contribution in [-0.2, 0) is 5.54 Å². The lowest BCUT2D eigenvalue weighted by molar-refractivity contribution is 0.135. The third-order valence-corrected chi connectivity index (χ3v) is 6.89. The summed E-state index contributed by atoms with van der Waals surface area (Å²) < 4.78 is 12.9. The molecule has 2 aliphatic rings. The van der Waals surface area contributed by atoms with Crippen LogP contribution in [0.3, 0.4) is 0 Å². The minimum absolute atomic E-state index is 0.136. The molecule has 32 heavy (non-hydrogen) atoms. The van der Waals surface area contributed by atoms with Crippen LogP contribution in [0, 0.1) is 5.92 Å². The third kappa shape index (κ3) is 3.54. The molecule has 5 rings (SSSR count). The number of hydrogen-bond donors (Lipinski definition) is 1. The van der Waals surface area contributed by atoms with E-state index in [9.17, 15) is 4.79 Å². The zero-order valence-corrected chi connectivity index (χ0v) is 19.1. The minimum atomic E-state index is -0.336. The van der Waals surface area contributed by atoms with Crippen LogP contribution >= 0.6 is 0 Å². The number of hydrogen-bond acceptors (Lipinski definition) is 7. The fourth-order valence-electron chi connectivity index (χ4n) is 4.72. The Kier molecular flexibility index (Phi) is 5.16. The van der Waals surface area contributed by atoms with Gasteiger partial charge in [-0.1, -0.05) is 13.8 Å². The summed E-state index contributed by atoms with van der Waals surface area (Å²) in [4.78, 5) is 18.8. The molecule has 4 heterocycles. The summed E-state index contributed by atoms with van der Waals surface area (Å²) in [6.07, 6.45) is 3.14. The van der Waals surface area contributed by atoms with Gasteiger partial charge in [0, 0.05) is 23.6 Å². The van der Waals surface area contributed by atoms with Crippen molar-refractivity contribution in [2.45, 2.75) is 58.5 Å². The molecule has 0 aliphatic carbocycles. The highest BCUT2D eigenvalue weighted by molar-refractivity contribution is 5.83. The molecule has 2 aromatic heterocycles. The van der Waals surface area contributed by atoms with Crippen molar-refractivity contribution in [2.75, 3.05) is 19.9 Å². The molecule has 1 fully saturated rings. The van der Waals surface area contributed by atoms with E-state index in [-0.39, 0.29) is 23.9 Å². The molecule has 0 spiro atoms. The number of rotatable bonds is 5. The van der Waals surface area contributed by atoms with Crippen LogP contribution < -0.4 is 15.0 Å². The van der Waals surface area contributed by atoms with E-state index in [1.807, 2.05) is 22.9 Å². The van der Waals surface area contributed by atoms with E-state index >= 15 is 0 Å². The smallest absolute Gasteiger partial charge is 0.253 e. The molecule has 3 aromatic rings. The van der Waals surface area contributed by atoms with E-state index in [0.717, 1.165) is 36.8 Å². The molecule has 0 radical (unpaired) electrons. The molecular formula is C23H30N6O3. The van der Waals surface area contributed by atoms with Crippen molar-refractivity contribution in [1.29, 1.82) is 0 Å². The Hall–Kier alpha value is -2.94. The van der Waals surface area contributed by atoms with Crippen molar-refractivity contribution in [3.63, 3.8) is 0 Å². The standard InChI is InChI=1S/C23H30N6O3/c1-5-23(3,4)29-21(25-26-27-29)20(28-8-6-7-14(2)12-28)16-9-15-10-18-19(32-13-31-18)11-17(15)24-22(16)30/h9-11,14,20H,5-8,12-13H2,1-4H3,(H,24,30)/t14-,20-/m1/s1. The molecule has 2 atom stereocenters. The zero-order chi connectivity index (χ0) is 22.5. The number of nitrogens with zero attached hydrogens (tertiary/aromatic N) is 5. The average molecular weight is 439 g/mol. The molecule has 1 aromatic carbocycles. The molecule has 1 N–H and O–H groups in total. The predicted molar refractivity (Wildman–Crippen MR) is 120 cm³/mol. The van der Waals surface area contributed by atoms with Crippen molar-refractivity contribution >= 4 is 10.9 Å². The fraction of sp³-hybridized carbons (Fsp3) is 0.565. The number of nitrogens with one attached hydrogen (secondary N) is 1. The SMILES string of the molecule is CCC(C)(C)n1nnnc1[C@@H](c1cc2cc3c(cc2[nH]c1=O)OCO3)N1CCC[C@@H](C)C1. The summed E-state index contributed by atoms with van der Waals surface area (Å²) in [6.45, 7) is 10.6. The lowest BCUT2D eigenvalue weighted by Crippen LogP contribution is -2.42. The first-order valence-corrected chi connectivity index (χ1v) is 11.4. The molecule has 2 aliphatic heterocycles. The summed E-state index contributed by atoms with van der Waals surface area (Å²) in [7, 11) is 0. The molecule has 0 amide bonds. The molecule has 0 unspecified atom stereocenters. The van der Waals surface area contributed by atoms with Crippen molar-refractivity contribution < 1.29 is 9.47 Å². The normalized spacial score (nSPS) is 20.1. The van der Waals surface area contributed by atoms with Crippen LogP contribution in [0.25, 0.3) is 10.9 Å². The first kappa shape index (κ1) is 20.9. The van der Waals surface area contributed by atoms with Crippen molar-refractivity contribution in [3.8, 4) is 11.5 Å². The number of piperidine rings is 1. The van der Waals surface area contributed by atoms with Crippen LogP contribution in [0.15, 0.2) is 23.0 Å². The Balaban J connectivity index is 1.68. The Labute approximate surface area is 186 Å². The Morgan fingerprint density at radius 2 is 2.03 bits per heavy atom. The van der Waals surface area contributed by atoms with Crippen LogP contribution in [0.2, 0.25) is 0 Å². The summed E-state index contributed by atoms with van der Waals surface area (Å²) in [5.74, 6) is 2.59. The van der Waals surface area contributed by atoms with Gasteiger partial charge in [0.25, 0.3) is 5.56 Å². The van der Waals surface area contributed by atoms with Gasteiger partial charge in [-0.25, -0.2) is 4.68 Å². The van der Waals surface area contributed by atoms with Crippen LogP contribution in [0.5, 0.6) is 11.5 Å². The van der Waals surface area contributed by atoms with Gasteiger partial charge < -0.3 is 14.5 Å². The van der Waals surface area contributed by atoms with Crippen molar-refractivity contribution in [1.82, 2.24) is 30.1 Å². The van der Waals surface area contributed by atoms with E-state index in [0.29, 0.717) is 28.8 Å². The number of aromatic amines is 1. The highest BCUT2D eigenvalue weighted by atomic mass is 16.7. The molecular weight excluding hydrogens is 408 g/mol. The van der Waals surface area contributed by atoms with Gasteiger partial charge >= 0.3 is 0 Å². The van der Waals surface area contributed by atoms with Crippen LogP contribution in [-0.4, -0.2) is 50.0 Å². The zero-order valence-electron chi connectivity index (χ0n) is 19.1. The number of ether oxygens (including phenoxy) is 2. The number of benzene rings is 1. The van der Waals surface area contributed by atoms with E-state index in [1.54, 1.807) is 0 Å². The van der Waals surface area contributed by atoms with Gasteiger partial charge in [0.05, 0.1) is 11.1 Å². The Morgan fingerprint density at radius 3 is 2.78 bits per heavy atom. The number of aromatic nitrogens is 5. The predicted octanol–water partition coefficient (Wildman–Crippen LogP) is 3.21. The first-order valence-electron chi connectivity index (χ1n) is 11.4. The van der Waals surface area contributed by atoms with E-state index in [4.69, 9.17) is 9.47 Å². The second-order valence-electron chi connectivity index (χ2n) is 9.61. The monoisotopic (exact) mass is 438 g/mol. The second kappa shape index (κ2) is 7.88. The maximum atomic E-state index is 13.4. The quantitative estimate of drug-likeness (QED) is 0.653. The number of tetrazole rings is 1. The highest BCUT2D eigenvalue weighted by Gasteiger charge is 2.35. The van der Waals surface area contributed by atoms with Crippen LogP contribution in [0.4, 0.5) is 0 Å². The van der Waals surface area contributed by atoms with Gasteiger partial charge in [-0.15, -0.1) is 5.10 Å². The topological polar surface area (TPSA) is 98.2 Å². The van der Waals surface area contributed by atoms with Gasteiger partial charge in [0.1, 0.15) is 6.04 Å². The minimum Gasteiger partial charge on any atom is -0.454 e. The maximum Gasteiger partial charge on any atom is 0.253 e. The number of H-pyrrole nitrogens is 1. The van der Waals surface area contributed by atoms with Gasteiger partial charge in [-0.2, -0.15) is 0 Å². The van der Waals surface area contributed by atoms with E-state index in [1.165, 1.54) is 6.42 Å². The van der Waals surface area contributed by atoms with Gasteiger partial charge in [0.15, 0.2) is 17.3 Å². The molecule has 0 bridgehead atoms. The van der Waals surface area contributed by atoms with Crippen LogP contribution in [0.1, 0.15) is 64.4 Å². The van der Waals surface area contributed by atoms with Crippen molar-refractivity contribution in [3.05, 3.63) is 39.9 Å². The van der Waals surface area contributed by atoms with E-state index in [2.05, 4.69) is 53.1 Å². The van der Waals surface area contributed by atoms with E-state index < -0.39 is 0 Å². The summed E-state index contributed by atoms with van der Waals surface area (Å²) in [5.41, 5.74) is 0.966. The largest absolute Gasteiger partial charge is 0.454 e. The number of fused-ring (bicyclic) bond motifs is 2. The second-order valence-corrected chi connectivity index (χ2v) is 9.61. The Bertz CT molecular complexity index is 1200. The van der Waals surface area contributed by atoms with Gasteiger partial charge in [-0.05, 0) is 68.1 Å². The number of pyridine rings is 1. The fourth-order valence-corrected chi connectivity index (χ4v) is 4.72.